The highest BCUT2D eigenvalue weighted by Gasteiger charge is 2.08. The highest BCUT2D eigenvalue weighted by Crippen LogP contribution is 2.25. The molecule has 1 heterocycles. The molecule has 0 unspecified atom stereocenters. The molecule has 0 saturated carbocycles. The Morgan fingerprint density at radius 3 is 2.10 bits per heavy atom. The average Bonchev–Trinajstić information content (AvgIpc) is 2.52. The van der Waals surface area contributed by atoms with E-state index in [0.717, 1.165) is 24.1 Å². The van der Waals surface area contributed by atoms with Crippen molar-refractivity contribution in [2.24, 2.45) is 4.99 Å². The number of hydrogen-bond acceptors (Lipinski definition) is 1. The Kier molecular flexibility index (Phi) is 4.32. The minimum absolute atomic E-state index is 0.567. The van der Waals surface area contributed by atoms with Crippen molar-refractivity contribution in [2.45, 2.75) is 12.8 Å². The Bertz CT molecular complexity index is 697. The molecule has 0 fully saturated rings. The smallest absolute Gasteiger partial charge is 0.125 e. The summed E-state index contributed by atoms with van der Waals surface area (Å²) in [6, 6.07) is 20.6. The summed E-state index contributed by atoms with van der Waals surface area (Å²) in [4.78, 5) is 4.55. The van der Waals surface area contributed by atoms with E-state index in [9.17, 15) is 0 Å². The fourth-order valence-electron chi connectivity index (χ4n) is 2.41. The summed E-state index contributed by atoms with van der Waals surface area (Å²) in [6.07, 6.45) is 6.01. The van der Waals surface area contributed by atoms with E-state index in [1.54, 1.807) is 0 Å². The molecule has 21 heavy (non-hydrogen) atoms. The summed E-state index contributed by atoms with van der Waals surface area (Å²) in [7, 11) is 0. The predicted octanol–water partition coefficient (Wildman–Crippen LogP) is 5.43. The first-order valence-electron chi connectivity index (χ1n) is 7.09. The molecule has 0 N–H and O–H groups in total. The summed E-state index contributed by atoms with van der Waals surface area (Å²) in [6.45, 7) is 0. The monoisotopic (exact) mass is 293 g/mol. The highest BCUT2D eigenvalue weighted by molar-refractivity contribution is 6.31. The SMILES string of the molecule is ClC1=C/CC/C(c2ccccc2)=C/C(c2ccccc2)=N\1. The third-order valence-corrected chi connectivity index (χ3v) is 3.72. The van der Waals surface area contributed by atoms with Gasteiger partial charge in [0.1, 0.15) is 5.16 Å². The lowest BCUT2D eigenvalue weighted by Crippen LogP contribution is -2.00. The zero-order valence-corrected chi connectivity index (χ0v) is 12.4. The Morgan fingerprint density at radius 1 is 0.810 bits per heavy atom. The molecule has 0 bridgehead atoms. The van der Waals surface area contributed by atoms with Crippen molar-refractivity contribution in [3.05, 3.63) is 89.1 Å². The molecule has 0 aliphatic carbocycles. The molecule has 0 amide bonds. The first-order chi connectivity index (χ1) is 10.3. The van der Waals surface area contributed by atoms with Crippen LogP contribution in [0.1, 0.15) is 24.0 Å². The van der Waals surface area contributed by atoms with Crippen LogP contribution in [0.15, 0.2) is 83.0 Å². The van der Waals surface area contributed by atoms with Crippen LogP contribution in [0.3, 0.4) is 0 Å². The fourth-order valence-corrected chi connectivity index (χ4v) is 2.61. The van der Waals surface area contributed by atoms with Crippen LogP contribution in [-0.4, -0.2) is 5.71 Å². The van der Waals surface area contributed by atoms with Gasteiger partial charge < -0.3 is 0 Å². The number of allylic oxidation sites excluding steroid dienone is 3. The Labute approximate surface area is 130 Å². The number of aliphatic imine (C=N–C) groups is 1. The Hall–Kier alpha value is -2.12. The first kappa shape index (κ1) is 13.8. The summed E-state index contributed by atoms with van der Waals surface area (Å²) in [5.41, 5.74) is 4.53. The molecule has 0 spiro atoms. The van der Waals surface area contributed by atoms with Crippen molar-refractivity contribution in [2.75, 3.05) is 0 Å². The van der Waals surface area contributed by atoms with Crippen LogP contribution < -0.4 is 0 Å². The zero-order chi connectivity index (χ0) is 14.5. The van der Waals surface area contributed by atoms with E-state index in [1.165, 1.54) is 11.1 Å². The van der Waals surface area contributed by atoms with Crippen LogP contribution in [0.4, 0.5) is 0 Å². The normalized spacial score (nSPS) is 22.8. The average molecular weight is 294 g/mol. The van der Waals surface area contributed by atoms with E-state index in [0.29, 0.717) is 5.16 Å². The Balaban J connectivity index is 2.07. The zero-order valence-electron chi connectivity index (χ0n) is 11.7. The van der Waals surface area contributed by atoms with Crippen molar-refractivity contribution in [3.8, 4) is 0 Å². The van der Waals surface area contributed by atoms with Gasteiger partial charge in [0.15, 0.2) is 0 Å². The largest absolute Gasteiger partial charge is 0.236 e. The number of hydrogen-bond donors (Lipinski definition) is 0. The van der Waals surface area contributed by atoms with Crippen molar-refractivity contribution in [1.82, 2.24) is 0 Å². The molecule has 0 saturated heterocycles. The second-order valence-electron chi connectivity index (χ2n) is 4.96. The van der Waals surface area contributed by atoms with E-state index < -0.39 is 0 Å². The third-order valence-electron chi connectivity index (χ3n) is 3.48. The van der Waals surface area contributed by atoms with Gasteiger partial charge in [0.2, 0.25) is 0 Å². The van der Waals surface area contributed by atoms with Crippen molar-refractivity contribution in [3.63, 3.8) is 0 Å². The molecule has 3 rings (SSSR count). The summed E-state index contributed by atoms with van der Waals surface area (Å²) in [5.74, 6) is 0. The maximum absolute atomic E-state index is 6.18. The van der Waals surface area contributed by atoms with Crippen LogP contribution in [0.25, 0.3) is 5.57 Å². The summed E-state index contributed by atoms with van der Waals surface area (Å²) in [5, 5.41) is 0.567. The maximum atomic E-state index is 6.18. The standard InChI is InChI=1S/C19H16ClN/c20-19-13-7-12-17(15-8-3-1-4-9-15)14-18(21-19)16-10-5-2-6-11-16/h1-6,8-11,13-14H,7,12H2/b17-14-,19-13-,21-18+. The van der Waals surface area contributed by atoms with Gasteiger partial charge in [-0.2, -0.15) is 0 Å². The van der Waals surface area contributed by atoms with E-state index in [2.05, 4.69) is 47.5 Å². The number of halogens is 1. The van der Waals surface area contributed by atoms with Gasteiger partial charge in [0.25, 0.3) is 0 Å². The highest BCUT2D eigenvalue weighted by atomic mass is 35.5. The second-order valence-corrected chi connectivity index (χ2v) is 5.35. The fraction of sp³-hybridized carbons (Fsp3) is 0.105. The van der Waals surface area contributed by atoms with E-state index in [4.69, 9.17) is 11.6 Å². The van der Waals surface area contributed by atoms with Gasteiger partial charge in [-0.25, -0.2) is 4.99 Å². The third kappa shape index (κ3) is 3.50. The van der Waals surface area contributed by atoms with Crippen LogP contribution >= 0.6 is 11.6 Å². The van der Waals surface area contributed by atoms with Gasteiger partial charge in [-0.1, -0.05) is 72.3 Å². The molecule has 0 radical (unpaired) electrons. The first-order valence-corrected chi connectivity index (χ1v) is 7.46. The van der Waals surface area contributed by atoms with Crippen LogP contribution in [0, 0.1) is 0 Å². The number of benzene rings is 2. The molecule has 0 atom stereocenters. The molecular formula is C19H16ClN. The van der Waals surface area contributed by atoms with E-state index in [-0.39, 0.29) is 0 Å². The van der Waals surface area contributed by atoms with Gasteiger partial charge in [0.05, 0.1) is 5.71 Å². The summed E-state index contributed by atoms with van der Waals surface area (Å²) < 4.78 is 0. The van der Waals surface area contributed by atoms with Crippen LogP contribution in [-0.2, 0) is 0 Å². The van der Waals surface area contributed by atoms with Crippen LogP contribution in [0.2, 0.25) is 0 Å². The van der Waals surface area contributed by atoms with Gasteiger partial charge in [-0.05, 0) is 36.1 Å². The van der Waals surface area contributed by atoms with Crippen molar-refractivity contribution < 1.29 is 0 Å². The summed E-state index contributed by atoms with van der Waals surface area (Å²) >= 11 is 6.18. The molecule has 1 aliphatic rings. The lowest BCUT2D eigenvalue weighted by Gasteiger charge is -2.11. The van der Waals surface area contributed by atoms with Crippen LogP contribution in [0.5, 0.6) is 0 Å². The molecule has 2 aromatic rings. The maximum Gasteiger partial charge on any atom is 0.125 e. The number of nitrogens with zero attached hydrogens (tertiary/aromatic N) is 1. The van der Waals surface area contributed by atoms with Crippen molar-refractivity contribution in [1.29, 1.82) is 0 Å². The van der Waals surface area contributed by atoms with Gasteiger partial charge in [0, 0.05) is 5.56 Å². The topological polar surface area (TPSA) is 12.4 Å². The quantitative estimate of drug-likeness (QED) is 0.654. The van der Waals surface area contributed by atoms with E-state index >= 15 is 0 Å². The molecule has 2 heteroatoms. The molecule has 0 aromatic heterocycles. The van der Waals surface area contributed by atoms with Crippen molar-refractivity contribution >= 4 is 22.9 Å². The lowest BCUT2D eigenvalue weighted by molar-refractivity contribution is 1.06. The lowest BCUT2D eigenvalue weighted by atomic mass is 9.97. The Morgan fingerprint density at radius 2 is 1.43 bits per heavy atom. The van der Waals surface area contributed by atoms with E-state index in [1.807, 2.05) is 30.3 Å². The molecule has 104 valence electrons. The second kappa shape index (κ2) is 6.55. The van der Waals surface area contributed by atoms with Gasteiger partial charge in [-0.3, -0.25) is 0 Å². The number of rotatable bonds is 2. The molecule has 1 nitrogen and oxygen atoms in total. The minimum Gasteiger partial charge on any atom is -0.236 e. The predicted molar refractivity (Wildman–Crippen MR) is 90.6 cm³/mol. The molecule has 1 aliphatic heterocycles. The van der Waals surface area contributed by atoms with Gasteiger partial charge >= 0.3 is 0 Å². The minimum atomic E-state index is 0.567. The molecular weight excluding hydrogens is 278 g/mol. The van der Waals surface area contributed by atoms with Gasteiger partial charge in [-0.15, -0.1) is 0 Å². The molecule has 2 aromatic carbocycles.